The molecule has 1 nitrogen and oxygen atoms in total. The summed E-state index contributed by atoms with van der Waals surface area (Å²) in [4.78, 5) is 0. The third-order valence-electron chi connectivity index (χ3n) is 4.12. The number of nitrogens with zero attached hydrogens (tertiary/aromatic N) is 1. The number of hydrogen-bond acceptors (Lipinski definition) is 0. The van der Waals surface area contributed by atoms with Crippen LogP contribution in [0.2, 0.25) is 0 Å². The highest BCUT2D eigenvalue weighted by Crippen LogP contribution is 2.21. The maximum Gasteiger partial charge on any atom is 0.105 e. The fourth-order valence-electron chi connectivity index (χ4n) is 3.37. The number of hydrogen-bond donors (Lipinski definition) is 0. The van der Waals surface area contributed by atoms with E-state index in [2.05, 4.69) is 74.5 Å². The van der Waals surface area contributed by atoms with Gasteiger partial charge in [-0.1, -0.05) is 74.5 Å². The van der Waals surface area contributed by atoms with Crippen LogP contribution in [0.4, 0.5) is 0 Å². The highest BCUT2D eigenvalue weighted by molar-refractivity contribution is 5.15. The molecule has 0 radical (unpaired) electrons. The molecule has 2 aromatic carbocycles. The molecule has 0 unspecified atom stereocenters. The molecule has 22 heavy (non-hydrogen) atoms. The Hall–Kier alpha value is -0.870. The number of rotatable bonds is 8. The van der Waals surface area contributed by atoms with Crippen LogP contribution in [0.1, 0.15) is 37.8 Å². The van der Waals surface area contributed by atoms with E-state index < -0.39 is 0 Å². The van der Waals surface area contributed by atoms with Crippen LogP contribution in [0.15, 0.2) is 60.7 Å². The molecule has 0 heterocycles. The monoisotopic (exact) mass is 409 g/mol. The summed E-state index contributed by atoms with van der Waals surface area (Å²) >= 11 is 0. The van der Waals surface area contributed by atoms with Gasteiger partial charge >= 0.3 is 0 Å². The van der Waals surface area contributed by atoms with Gasteiger partial charge in [0.15, 0.2) is 0 Å². The Morgan fingerprint density at radius 1 is 0.636 bits per heavy atom. The summed E-state index contributed by atoms with van der Waals surface area (Å²) in [6, 6.07) is 21.9. The Bertz CT molecular complexity index is 460. The Balaban J connectivity index is 0.00000242. The fraction of sp³-hybridized carbons (Fsp3) is 0.400. The number of benzene rings is 2. The van der Waals surface area contributed by atoms with Crippen molar-refractivity contribution in [3.63, 3.8) is 0 Å². The van der Waals surface area contributed by atoms with Crippen LogP contribution in [0.5, 0.6) is 0 Å². The lowest BCUT2D eigenvalue weighted by atomic mass is 10.1. The van der Waals surface area contributed by atoms with Gasteiger partial charge in [0.2, 0.25) is 0 Å². The largest absolute Gasteiger partial charge is 1.00 e. The van der Waals surface area contributed by atoms with Crippen molar-refractivity contribution in [2.45, 2.75) is 39.8 Å². The highest BCUT2D eigenvalue weighted by Gasteiger charge is 2.26. The maximum atomic E-state index is 2.30. The van der Waals surface area contributed by atoms with Gasteiger partial charge in [-0.05, 0) is 12.8 Å². The second-order valence-electron chi connectivity index (χ2n) is 6.08. The molecule has 0 atom stereocenters. The molecule has 0 N–H and O–H groups in total. The molecule has 0 saturated carbocycles. The van der Waals surface area contributed by atoms with Gasteiger partial charge in [0.05, 0.1) is 13.1 Å². The molecule has 0 aliphatic heterocycles. The van der Waals surface area contributed by atoms with E-state index in [0.29, 0.717) is 0 Å². The van der Waals surface area contributed by atoms with E-state index >= 15 is 0 Å². The third-order valence-corrected chi connectivity index (χ3v) is 4.12. The lowest BCUT2D eigenvalue weighted by Crippen LogP contribution is -3.00. The van der Waals surface area contributed by atoms with Gasteiger partial charge in [-0.25, -0.2) is 0 Å². The minimum Gasteiger partial charge on any atom is -1.00 e. The van der Waals surface area contributed by atoms with Gasteiger partial charge in [0.25, 0.3) is 0 Å². The Morgan fingerprint density at radius 3 is 1.32 bits per heavy atom. The van der Waals surface area contributed by atoms with Crippen molar-refractivity contribution in [1.29, 1.82) is 0 Å². The summed E-state index contributed by atoms with van der Waals surface area (Å²) in [7, 11) is 0. The van der Waals surface area contributed by atoms with E-state index in [1.165, 1.54) is 41.5 Å². The summed E-state index contributed by atoms with van der Waals surface area (Å²) in [6.45, 7) is 9.38. The summed E-state index contributed by atoms with van der Waals surface area (Å²) in [6.07, 6.45) is 2.47. The van der Waals surface area contributed by atoms with E-state index in [9.17, 15) is 0 Å². The van der Waals surface area contributed by atoms with Crippen LogP contribution in [0.25, 0.3) is 0 Å². The van der Waals surface area contributed by atoms with Crippen molar-refractivity contribution in [3.05, 3.63) is 71.8 Å². The number of quaternary nitrogens is 1. The highest BCUT2D eigenvalue weighted by atomic mass is 127. The van der Waals surface area contributed by atoms with Crippen molar-refractivity contribution in [1.82, 2.24) is 0 Å². The first-order valence-corrected chi connectivity index (χ1v) is 8.21. The zero-order chi connectivity index (χ0) is 15.0. The average molecular weight is 409 g/mol. The van der Waals surface area contributed by atoms with Crippen LogP contribution in [-0.4, -0.2) is 17.6 Å². The minimum atomic E-state index is 0. The smallest absolute Gasteiger partial charge is 0.105 e. The molecule has 0 amide bonds. The zero-order valence-corrected chi connectivity index (χ0v) is 16.0. The second kappa shape index (κ2) is 10.0. The molecule has 0 aliphatic rings. The van der Waals surface area contributed by atoms with E-state index in [-0.39, 0.29) is 24.0 Å². The molecule has 2 aromatic rings. The lowest BCUT2D eigenvalue weighted by molar-refractivity contribution is -0.953. The van der Waals surface area contributed by atoms with Gasteiger partial charge in [-0.3, -0.25) is 0 Å². The van der Waals surface area contributed by atoms with Crippen LogP contribution in [0, 0.1) is 0 Å². The topological polar surface area (TPSA) is 0 Å². The van der Waals surface area contributed by atoms with Gasteiger partial charge in [-0.2, -0.15) is 0 Å². The van der Waals surface area contributed by atoms with Crippen LogP contribution >= 0.6 is 0 Å². The summed E-state index contributed by atoms with van der Waals surface area (Å²) in [5, 5.41) is 0. The Morgan fingerprint density at radius 2 is 1.00 bits per heavy atom. The van der Waals surface area contributed by atoms with E-state index in [1.54, 1.807) is 0 Å². The molecule has 2 rings (SSSR count). The molecule has 120 valence electrons. The van der Waals surface area contributed by atoms with Gasteiger partial charge in [-0.15, -0.1) is 0 Å². The van der Waals surface area contributed by atoms with Crippen molar-refractivity contribution in [2.24, 2.45) is 0 Å². The predicted molar refractivity (Wildman–Crippen MR) is 90.9 cm³/mol. The first-order valence-electron chi connectivity index (χ1n) is 8.21. The second-order valence-corrected chi connectivity index (χ2v) is 6.08. The first-order chi connectivity index (χ1) is 10.3. The average Bonchev–Trinajstić information content (AvgIpc) is 2.50. The van der Waals surface area contributed by atoms with E-state index in [0.717, 1.165) is 13.1 Å². The molecule has 0 saturated heterocycles. The van der Waals surface area contributed by atoms with Crippen molar-refractivity contribution < 1.29 is 28.5 Å². The minimum absolute atomic E-state index is 0. The lowest BCUT2D eigenvalue weighted by Gasteiger charge is -2.39. The summed E-state index contributed by atoms with van der Waals surface area (Å²) in [5.74, 6) is 0. The van der Waals surface area contributed by atoms with Crippen molar-refractivity contribution >= 4 is 0 Å². The fourth-order valence-corrected chi connectivity index (χ4v) is 3.37. The van der Waals surface area contributed by atoms with Crippen molar-refractivity contribution in [2.75, 3.05) is 13.1 Å². The van der Waals surface area contributed by atoms with Crippen molar-refractivity contribution in [3.8, 4) is 0 Å². The van der Waals surface area contributed by atoms with E-state index in [1.807, 2.05) is 0 Å². The molecular weight excluding hydrogens is 381 g/mol. The quantitative estimate of drug-likeness (QED) is 0.463. The molecule has 0 aliphatic carbocycles. The van der Waals surface area contributed by atoms with Gasteiger partial charge < -0.3 is 28.5 Å². The molecule has 2 heteroatoms. The van der Waals surface area contributed by atoms with Crippen LogP contribution in [-0.2, 0) is 13.1 Å². The SMILES string of the molecule is CCC[N+](CCC)(Cc1ccccc1)Cc1ccccc1.[I-]. The normalized spacial score (nSPS) is 11.0. The first kappa shape index (κ1) is 19.2. The summed E-state index contributed by atoms with van der Waals surface area (Å²) < 4.78 is 1.17. The van der Waals surface area contributed by atoms with Gasteiger partial charge in [0.1, 0.15) is 13.1 Å². The molecular formula is C20H28IN. The molecule has 0 spiro atoms. The molecule has 0 fully saturated rings. The maximum absolute atomic E-state index is 2.30. The van der Waals surface area contributed by atoms with Crippen LogP contribution < -0.4 is 24.0 Å². The molecule has 0 bridgehead atoms. The summed E-state index contributed by atoms with van der Waals surface area (Å²) in [5.41, 5.74) is 2.91. The van der Waals surface area contributed by atoms with Gasteiger partial charge in [0, 0.05) is 11.1 Å². The molecule has 0 aromatic heterocycles. The standard InChI is InChI=1S/C20H28N.HI/c1-3-15-21(16-4-2,17-19-11-7-5-8-12-19)18-20-13-9-6-10-14-20;/h5-14H,3-4,15-18H2,1-2H3;1H/q+1;/p-1. The zero-order valence-electron chi connectivity index (χ0n) is 13.8. The Kier molecular flexibility index (Phi) is 8.72. The third kappa shape index (κ3) is 5.73. The number of halogens is 1. The predicted octanol–water partition coefficient (Wildman–Crippen LogP) is 2.03. The Labute approximate surface area is 153 Å². The van der Waals surface area contributed by atoms with Crippen LogP contribution in [0.3, 0.4) is 0 Å². The van der Waals surface area contributed by atoms with E-state index in [4.69, 9.17) is 0 Å².